The first-order valence-corrected chi connectivity index (χ1v) is 7.54. The van der Waals surface area contributed by atoms with Crippen molar-refractivity contribution >= 4 is 23.3 Å². The van der Waals surface area contributed by atoms with Crippen LogP contribution in [0.1, 0.15) is 17.5 Å². The zero-order valence-corrected chi connectivity index (χ0v) is 12.6. The Morgan fingerprint density at radius 1 is 1.26 bits per heavy atom. The highest BCUT2D eigenvalue weighted by Crippen LogP contribution is 2.20. The molecule has 0 saturated carbocycles. The fraction of sp³-hybridized carbons (Fsp3) is 0.235. The van der Waals surface area contributed by atoms with E-state index in [1.54, 1.807) is 18.3 Å². The molecule has 0 atom stereocenters. The topological polar surface area (TPSA) is 86.6 Å². The maximum absolute atomic E-state index is 10.7. The smallest absolute Gasteiger partial charge is 0.307 e. The van der Waals surface area contributed by atoms with Gasteiger partial charge < -0.3 is 15.7 Å². The van der Waals surface area contributed by atoms with Crippen molar-refractivity contribution in [2.24, 2.45) is 4.99 Å². The average Bonchev–Trinajstić information content (AvgIpc) is 2.57. The lowest BCUT2D eigenvalue weighted by molar-refractivity contribution is -0.136. The Morgan fingerprint density at radius 2 is 2.09 bits per heavy atom. The van der Waals surface area contributed by atoms with E-state index in [0.717, 1.165) is 48.0 Å². The van der Waals surface area contributed by atoms with Crippen LogP contribution in [0.15, 0.2) is 47.6 Å². The predicted octanol–water partition coefficient (Wildman–Crippen LogP) is 2.19. The molecule has 1 aromatic heterocycles. The molecule has 0 amide bonds. The number of pyridine rings is 1. The van der Waals surface area contributed by atoms with Crippen LogP contribution in [-0.4, -0.2) is 35.0 Å². The van der Waals surface area contributed by atoms with Crippen molar-refractivity contribution in [2.75, 3.05) is 18.4 Å². The number of aliphatic imine (C=N–C) groups is 1. The Bertz CT molecular complexity index is 726. The van der Waals surface area contributed by atoms with Gasteiger partial charge in [-0.05, 0) is 36.2 Å². The van der Waals surface area contributed by atoms with Crippen LogP contribution in [-0.2, 0) is 11.2 Å². The molecule has 118 valence electrons. The third-order valence-electron chi connectivity index (χ3n) is 3.53. The Balaban J connectivity index is 1.80. The molecule has 0 fully saturated rings. The maximum Gasteiger partial charge on any atom is 0.307 e. The number of carboxylic acid groups (broad SMARTS) is 1. The first-order chi connectivity index (χ1) is 11.2. The lowest BCUT2D eigenvalue weighted by Gasteiger charge is -2.17. The third-order valence-corrected chi connectivity index (χ3v) is 3.53. The summed E-state index contributed by atoms with van der Waals surface area (Å²) >= 11 is 0. The first-order valence-electron chi connectivity index (χ1n) is 7.54. The lowest BCUT2D eigenvalue weighted by Crippen LogP contribution is -2.30. The molecular formula is C17H18N4O2. The number of nitrogens with one attached hydrogen (secondary N) is 2. The molecular weight excluding hydrogens is 292 g/mol. The molecule has 3 rings (SSSR count). The van der Waals surface area contributed by atoms with Crippen LogP contribution < -0.4 is 10.6 Å². The summed E-state index contributed by atoms with van der Waals surface area (Å²) in [6, 6.07) is 11.2. The molecule has 0 bridgehead atoms. The predicted molar refractivity (Wildman–Crippen MR) is 89.3 cm³/mol. The molecule has 6 nitrogen and oxygen atoms in total. The first kappa shape index (κ1) is 15.0. The van der Waals surface area contributed by atoms with Crippen LogP contribution in [0.4, 0.5) is 11.5 Å². The van der Waals surface area contributed by atoms with Crippen LogP contribution in [0.2, 0.25) is 0 Å². The van der Waals surface area contributed by atoms with Crippen LogP contribution in [0, 0.1) is 0 Å². The van der Waals surface area contributed by atoms with Gasteiger partial charge in [0.05, 0.1) is 12.0 Å². The van der Waals surface area contributed by atoms with E-state index in [1.165, 1.54) is 0 Å². The molecule has 0 spiro atoms. The molecule has 0 radical (unpaired) electrons. The molecule has 1 aromatic carbocycles. The fourth-order valence-corrected chi connectivity index (χ4v) is 2.43. The summed E-state index contributed by atoms with van der Waals surface area (Å²) in [6.07, 6.45) is 2.79. The van der Waals surface area contributed by atoms with E-state index >= 15 is 0 Å². The van der Waals surface area contributed by atoms with E-state index < -0.39 is 5.97 Å². The van der Waals surface area contributed by atoms with Gasteiger partial charge in [-0.3, -0.25) is 9.79 Å². The van der Waals surface area contributed by atoms with E-state index in [0.29, 0.717) is 0 Å². The van der Waals surface area contributed by atoms with Gasteiger partial charge in [0.15, 0.2) is 0 Å². The third kappa shape index (κ3) is 3.85. The Labute approximate surface area is 134 Å². The largest absolute Gasteiger partial charge is 0.481 e. The Morgan fingerprint density at radius 3 is 2.78 bits per heavy atom. The van der Waals surface area contributed by atoms with Gasteiger partial charge in [-0.1, -0.05) is 12.1 Å². The quantitative estimate of drug-likeness (QED) is 0.788. The van der Waals surface area contributed by atoms with E-state index in [9.17, 15) is 4.79 Å². The number of carbonyl (C=O) groups is 1. The summed E-state index contributed by atoms with van der Waals surface area (Å²) in [4.78, 5) is 19.6. The molecule has 23 heavy (non-hydrogen) atoms. The van der Waals surface area contributed by atoms with Crippen LogP contribution >= 0.6 is 0 Å². The molecule has 0 unspecified atom stereocenters. The zero-order valence-electron chi connectivity index (χ0n) is 12.6. The molecule has 2 heterocycles. The van der Waals surface area contributed by atoms with Gasteiger partial charge >= 0.3 is 5.97 Å². The Hall–Kier alpha value is -2.89. The number of anilines is 2. The highest BCUT2D eigenvalue weighted by molar-refractivity contribution is 6.03. The second-order valence-electron chi connectivity index (χ2n) is 5.30. The lowest BCUT2D eigenvalue weighted by atomic mass is 10.1. The number of nitrogens with zero attached hydrogens (tertiary/aromatic N) is 2. The molecule has 6 heteroatoms. The highest BCUT2D eigenvalue weighted by Gasteiger charge is 2.12. The number of carboxylic acids is 1. The van der Waals surface area contributed by atoms with Gasteiger partial charge in [-0.2, -0.15) is 0 Å². The van der Waals surface area contributed by atoms with E-state index in [-0.39, 0.29) is 6.42 Å². The summed E-state index contributed by atoms with van der Waals surface area (Å²) in [5.74, 6) is 0.750. The van der Waals surface area contributed by atoms with Crippen molar-refractivity contribution in [3.63, 3.8) is 0 Å². The minimum absolute atomic E-state index is 0.0237. The summed E-state index contributed by atoms with van der Waals surface area (Å²) in [5.41, 5.74) is 2.56. The van der Waals surface area contributed by atoms with Crippen molar-refractivity contribution < 1.29 is 9.90 Å². The highest BCUT2D eigenvalue weighted by atomic mass is 16.4. The standard InChI is InChI=1S/C17H18N4O2/c22-15(23)11-12-4-6-13(7-5-12)21-17-14(3-1-8-20-17)16-18-9-2-10-19-16/h1,3-8H,2,9-11H2,(H,18,19)(H,20,21)(H,22,23). The van der Waals surface area contributed by atoms with Gasteiger partial charge in [0.1, 0.15) is 11.7 Å². The normalized spacial score (nSPS) is 13.8. The van der Waals surface area contributed by atoms with Crippen molar-refractivity contribution in [1.82, 2.24) is 10.3 Å². The summed E-state index contributed by atoms with van der Waals surface area (Å²) in [7, 11) is 0. The van der Waals surface area contributed by atoms with Crippen LogP contribution in [0.25, 0.3) is 0 Å². The summed E-state index contributed by atoms with van der Waals surface area (Å²) < 4.78 is 0. The van der Waals surface area contributed by atoms with Gasteiger partial charge in [-0.25, -0.2) is 4.98 Å². The monoisotopic (exact) mass is 310 g/mol. The van der Waals surface area contributed by atoms with Gasteiger partial charge in [0.25, 0.3) is 0 Å². The molecule has 0 aliphatic carbocycles. The molecule has 2 aromatic rings. The van der Waals surface area contributed by atoms with Gasteiger partial charge in [0.2, 0.25) is 0 Å². The minimum atomic E-state index is -0.834. The molecule has 3 N–H and O–H groups in total. The number of hydrogen-bond acceptors (Lipinski definition) is 5. The number of hydrogen-bond donors (Lipinski definition) is 3. The van der Waals surface area contributed by atoms with Crippen molar-refractivity contribution in [3.05, 3.63) is 53.7 Å². The zero-order chi connectivity index (χ0) is 16.1. The number of benzene rings is 1. The molecule has 0 saturated heterocycles. The van der Waals surface area contributed by atoms with E-state index in [4.69, 9.17) is 5.11 Å². The maximum atomic E-state index is 10.7. The summed E-state index contributed by atoms with van der Waals surface area (Å²) in [5, 5.41) is 15.4. The van der Waals surface area contributed by atoms with Crippen molar-refractivity contribution in [2.45, 2.75) is 12.8 Å². The van der Waals surface area contributed by atoms with Crippen molar-refractivity contribution in [1.29, 1.82) is 0 Å². The Kier molecular flexibility index (Phi) is 4.52. The SMILES string of the molecule is O=C(O)Cc1ccc(Nc2ncccc2C2=NCCCN2)cc1. The van der Waals surface area contributed by atoms with Crippen LogP contribution in [0.3, 0.4) is 0 Å². The minimum Gasteiger partial charge on any atom is -0.481 e. The van der Waals surface area contributed by atoms with E-state index in [2.05, 4.69) is 20.6 Å². The number of aromatic nitrogens is 1. The summed E-state index contributed by atoms with van der Waals surface area (Å²) in [6.45, 7) is 1.73. The fourth-order valence-electron chi connectivity index (χ4n) is 2.43. The number of amidine groups is 1. The second kappa shape index (κ2) is 6.91. The molecule has 1 aliphatic heterocycles. The number of aliphatic carboxylic acids is 1. The van der Waals surface area contributed by atoms with Gasteiger partial charge in [0, 0.05) is 25.0 Å². The van der Waals surface area contributed by atoms with E-state index in [1.807, 2.05) is 24.3 Å². The average molecular weight is 310 g/mol. The number of rotatable bonds is 5. The van der Waals surface area contributed by atoms with Gasteiger partial charge in [-0.15, -0.1) is 0 Å². The van der Waals surface area contributed by atoms with Crippen molar-refractivity contribution in [3.8, 4) is 0 Å². The van der Waals surface area contributed by atoms with Crippen LogP contribution in [0.5, 0.6) is 0 Å². The second-order valence-corrected chi connectivity index (χ2v) is 5.30. The molecule has 1 aliphatic rings.